The van der Waals surface area contributed by atoms with E-state index in [4.69, 9.17) is 81.1 Å². The van der Waals surface area contributed by atoms with Crippen LogP contribution in [0.3, 0.4) is 0 Å². The number of guanidine groups is 1. The number of nitrogens with one attached hydrogen (secondary N) is 3. The lowest BCUT2D eigenvalue weighted by Gasteiger charge is -2.35. The number of nitrogens with zero attached hydrogens (tertiary/aromatic N) is 7. The minimum absolute atomic E-state index is 0.0815. The van der Waals surface area contributed by atoms with Crippen LogP contribution in [0.1, 0.15) is 81.0 Å². The number of nitrogens with two attached hydrogens (primary N) is 2. The van der Waals surface area contributed by atoms with Crippen LogP contribution in [0.15, 0.2) is 82.4 Å². The van der Waals surface area contributed by atoms with Gasteiger partial charge in [0.2, 0.25) is 17.6 Å². The van der Waals surface area contributed by atoms with Gasteiger partial charge in [-0.2, -0.15) is 10.2 Å². The van der Waals surface area contributed by atoms with Gasteiger partial charge in [-0.25, -0.2) is 4.99 Å². The Balaban J connectivity index is 0.000000177. The van der Waals surface area contributed by atoms with Crippen molar-refractivity contribution in [2.45, 2.75) is 76.7 Å². The van der Waals surface area contributed by atoms with Crippen molar-refractivity contribution < 1.29 is 14.4 Å². The Morgan fingerprint density at radius 1 is 0.662 bits per heavy atom. The van der Waals surface area contributed by atoms with E-state index in [-0.39, 0.29) is 36.0 Å². The van der Waals surface area contributed by atoms with E-state index in [9.17, 15) is 14.4 Å². The number of Topliss-reactive ketones (excluding diaryl/α,β-unsaturated/α-hetero) is 1. The number of aromatic amines is 2. The molecular weight excluding hydrogens is 1130 g/mol. The number of hydrogen-bond acceptors (Lipinski definition) is 9. The summed E-state index contributed by atoms with van der Waals surface area (Å²) < 4.78 is 0.513. The van der Waals surface area contributed by atoms with E-state index in [2.05, 4.69) is 61.3 Å². The number of H-pyrrole nitrogens is 2. The number of carbonyl (C=O) groups excluding carboxylic acids is 3. The van der Waals surface area contributed by atoms with Gasteiger partial charge in [-0.05, 0) is 97.5 Å². The molecule has 2 aromatic heterocycles. The number of carbonyl (C=O) groups is 3. The van der Waals surface area contributed by atoms with Crippen molar-refractivity contribution in [3.63, 3.8) is 0 Å². The Kier molecular flexibility index (Phi) is 21.5. The lowest BCUT2D eigenvalue weighted by molar-refractivity contribution is -0.133. The van der Waals surface area contributed by atoms with Gasteiger partial charge in [-0.15, -0.1) is 0 Å². The number of likely N-dealkylation sites (tertiary alicyclic amines) is 1. The summed E-state index contributed by atoms with van der Waals surface area (Å²) in [4.78, 5) is 50.4. The first kappa shape index (κ1) is 57.0. The third kappa shape index (κ3) is 15.5. The molecule has 5 aromatic rings. The molecule has 9 rings (SSSR count). The molecule has 5 heterocycles. The molecule has 3 aromatic carbocycles. The average Bonchev–Trinajstić information content (AvgIpc) is 4.12. The zero-order valence-corrected chi connectivity index (χ0v) is 47.0. The van der Waals surface area contributed by atoms with Gasteiger partial charge >= 0.3 is 0 Å². The molecule has 1 aliphatic carbocycles. The zero-order valence-electron chi connectivity index (χ0n) is 40.9. The predicted octanol–water partition coefficient (Wildman–Crippen LogP) is 11.6. The Labute approximate surface area is 470 Å². The van der Waals surface area contributed by atoms with Crippen LogP contribution in [0.2, 0.25) is 30.1 Å². The van der Waals surface area contributed by atoms with E-state index < -0.39 is 6.04 Å². The lowest BCUT2D eigenvalue weighted by Crippen LogP contribution is -2.52. The van der Waals surface area contributed by atoms with Crippen molar-refractivity contribution in [1.29, 1.82) is 0 Å². The van der Waals surface area contributed by atoms with Gasteiger partial charge in [0.25, 0.3) is 0 Å². The number of anilines is 2. The molecule has 3 aliphatic heterocycles. The Morgan fingerprint density at radius 2 is 1.15 bits per heavy atom. The molecule has 2 amide bonds. The summed E-state index contributed by atoms with van der Waals surface area (Å²) in [7, 11) is 0. The normalized spacial score (nSPS) is 16.8. The third-order valence-corrected chi connectivity index (χ3v) is 16.4. The first-order valence-electron chi connectivity index (χ1n) is 24.9. The van der Waals surface area contributed by atoms with Crippen molar-refractivity contribution in [2.75, 3.05) is 68.7 Å². The fourth-order valence-electron chi connectivity index (χ4n) is 9.40. The summed E-state index contributed by atoms with van der Waals surface area (Å²) >= 11 is 40.1. The molecule has 0 bridgehead atoms. The minimum atomic E-state index is -0.651. The number of amides is 2. The number of piperidine rings is 2. The quantitative estimate of drug-likeness (QED) is 0.0347. The number of halogens is 7. The van der Waals surface area contributed by atoms with E-state index >= 15 is 0 Å². The highest BCUT2D eigenvalue weighted by Gasteiger charge is 2.31. The second-order valence-electron chi connectivity index (χ2n) is 18.5. The van der Waals surface area contributed by atoms with Crippen LogP contribution in [0.25, 0.3) is 22.5 Å². The van der Waals surface area contributed by atoms with Crippen LogP contribution in [-0.4, -0.2) is 119 Å². The number of allylic oxidation sites excluding steroid dienone is 1. The number of piperazine rings is 1. The molecule has 1 saturated carbocycles. The van der Waals surface area contributed by atoms with Crippen LogP contribution >= 0.6 is 85.5 Å². The molecule has 22 heteroatoms. The van der Waals surface area contributed by atoms with Crippen LogP contribution < -0.4 is 26.6 Å². The van der Waals surface area contributed by atoms with Gasteiger partial charge in [-0.3, -0.25) is 24.6 Å². The molecule has 0 spiro atoms. The molecule has 1 atom stereocenters. The lowest BCUT2D eigenvalue weighted by atomic mass is 9.83. The van der Waals surface area contributed by atoms with Crippen molar-refractivity contribution in [1.82, 2.24) is 35.5 Å². The van der Waals surface area contributed by atoms with Crippen molar-refractivity contribution >= 4 is 121 Å². The Morgan fingerprint density at radius 3 is 1.69 bits per heavy atom. The SMILES string of the molecule is Clc1cccc(-c2cc(N3CCCCC3)n[nH]2)c1Cl.NC(N)=N[C@@H](C(=O)NCC(=O)N1CCN(c2cc(-c3cccc(Cl)c3Cl)[nH]n2)CC1)C1CCCCC1.O=C(/C(Br)=C/N1CCCCC1)c1cccc(Cl)c1Cl. The van der Waals surface area contributed by atoms with Crippen molar-refractivity contribution in [2.24, 2.45) is 22.4 Å². The first-order chi connectivity index (χ1) is 35.7. The summed E-state index contributed by atoms with van der Waals surface area (Å²) in [5.41, 5.74) is 14.9. The molecule has 74 heavy (non-hydrogen) atoms. The highest BCUT2D eigenvalue weighted by atomic mass is 79.9. The maximum absolute atomic E-state index is 12.8. The van der Waals surface area contributed by atoms with E-state index in [0.717, 1.165) is 92.4 Å². The van der Waals surface area contributed by atoms with Gasteiger partial charge in [0, 0.05) is 87.4 Å². The molecule has 7 N–H and O–H groups in total. The highest BCUT2D eigenvalue weighted by molar-refractivity contribution is 9.12. The molecule has 0 unspecified atom stereocenters. The van der Waals surface area contributed by atoms with Crippen molar-refractivity contribution in [3.8, 4) is 22.5 Å². The maximum atomic E-state index is 12.8. The maximum Gasteiger partial charge on any atom is 0.245 e. The average molecular weight is 1190 g/mol. The van der Waals surface area contributed by atoms with Crippen LogP contribution in [0.5, 0.6) is 0 Å². The van der Waals surface area contributed by atoms with Gasteiger partial charge in [0.05, 0.1) is 52.6 Å². The van der Waals surface area contributed by atoms with Crippen LogP contribution in [-0.2, 0) is 9.59 Å². The van der Waals surface area contributed by atoms with E-state index in [1.54, 1.807) is 35.2 Å². The van der Waals surface area contributed by atoms with E-state index in [0.29, 0.717) is 66.4 Å². The van der Waals surface area contributed by atoms with Gasteiger partial charge in [0.15, 0.2) is 17.6 Å². The summed E-state index contributed by atoms with van der Waals surface area (Å²) in [6.45, 7) is 6.34. The fourth-order valence-corrected chi connectivity index (χ4v) is 11.1. The predicted molar refractivity (Wildman–Crippen MR) is 305 cm³/mol. The Hall–Kier alpha value is -4.68. The summed E-state index contributed by atoms with van der Waals surface area (Å²) in [6, 6.07) is 19.5. The minimum Gasteiger partial charge on any atom is -0.376 e. The number of ketones is 1. The van der Waals surface area contributed by atoms with Crippen LogP contribution in [0.4, 0.5) is 11.6 Å². The van der Waals surface area contributed by atoms with Crippen LogP contribution in [0, 0.1) is 5.92 Å². The zero-order chi connectivity index (χ0) is 52.7. The molecule has 0 radical (unpaired) electrons. The molecule has 4 fully saturated rings. The highest BCUT2D eigenvalue weighted by Crippen LogP contribution is 2.36. The number of hydrogen-bond donors (Lipinski definition) is 5. The monoisotopic (exact) mass is 1190 g/mol. The smallest absolute Gasteiger partial charge is 0.245 e. The number of rotatable bonds is 12. The standard InChI is InChI=1S/C24H32Cl2N8O2.C14H14BrCl2NO.C14H15Cl2N3/c25-17-8-4-7-16(21(17)26)18-13-19(32-31-18)33-9-11-34(12-10-33)20(35)14-29-23(36)22(30-24(27)28)15-5-2-1-3-6-15;15-11(9-18-7-2-1-3-8-18)14(19)10-5-4-6-12(16)13(10)17;15-11-6-4-5-10(14(11)16)12-9-13(18-17-12)19-7-2-1-3-8-19/h4,7-8,13,15,22H,1-3,5-6,9-12,14H2,(H,29,36)(H,31,32)(H4,27,28,30);4-6,9H,1-3,7-8H2;4-6,9H,1-3,7-8H2,(H,17,18)/b;11-9-;/t22-;;/m1../s1. The number of benzene rings is 3. The van der Waals surface area contributed by atoms with Gasteiger partial charge in [0.1, 0.15) is 6.04 Å². The molecule has 15 nitrogen and oxygen atoms in total. The third-order valence-electron chi connectivity index (χ3n) is 13.4. The summed E-state index contributed by atoms with van der Waals surface area (Å²) in [5, 5.41) is 20.4. The van der Waals surface area contributed by atoms with Gasteiger partial charge < -0.3 is 36.4 Å². The second-order valence-corrected chi connectivity index (χ2v) is 21.7. The molecule has 3 saturated heterocycles. The second kappa shape index (κ2) is 27.9. The van der Waals surface area contributed by atoms with Gasteiger partial charge in [-0.1, -0.05) is 119 Å². The topological polar surface area (TPSA) is 198 Å². The largest absolute Gasteiger partial charge is 0.376 e. The first-order valence-corrected chi connectivity index (χ1v) is 28.0. The van der Waals surface area contributed by atoms with E-state index in [1.165, 1.54) is 38.5 Å². The Bertz CT molecular complexity index is 2760. The number of aliphatic imine (C=N–C) groups is 1. The molecule has 4 aliphatic rings. The summed E-state index contributed by atoms with van der Waals surface area (Å²) in [5.74, 6) is 1.18. The van der Waals surface area contributed by atoms with E-state index in [1.807, 2.05) is 42.6 Å². The molecule has 396 valence electrons. The number of aromatic nitrogens is 4. The summed E-state index contributed by atoms with van der Waals surface area (Å²) in [6.07, 6.45) is 14.3. The van der Waals surface area contributed by atoms with Crippen molar-refractivity contribution in [3.05, 3.63) is 113 Å². The fraction of sp³-hybridized carbons (Fsp3) is 0.423. The molecular formula is C52H61BrCl6N12O3.